The first-order chi connectivity index (χ1) is 8.39. The minimum atomic E-state index is -3.37. The molecule has 0 aliphatic carbocycles. The molecule has 18 heavy (non-hydrogen) atoms. The van der Waals surface area contributed by atoms with Gasteiger partial charge in [-0.2, -0.15) is 0 Å². The fraction of sp³-hybridized carbons (Fsp3) is 0.455. The van der Waals surface area contributed by atoms with Gasteiger partial charge in [0.2, 0.25) is 10.0 Å². The van der Waals surface area contributed by atoms with Crippen molar-refractivity contribution in [1.82, 2.24) is 0 Å². The first-order valence-corrected chi connectivity index (χ1v) is 8.34. The second kappa shape index (κ2) is 6.63. The number of rotatable bonds is 6. The zero-order chi connectivity index (χ0) is 13.8. The van der Waals surface area contributed by atoms with Crippen LogP contribution in [-0.4, -0.2) is 20.8 Å². The Morgan fingerprint density at radius 1 is 1.39 bits per heavy atom. The number of hydrogen-bond acceptors (Lipinski definition) is 3. The fourth-order valence-corrected chi connectivity index (χ4v) is 3.47. The van der Waals surface area contributed by atoms with Crippen LogP contribution in [0, 0.1) is 0 Å². The van der Waals surface area contributed by atoms with Crippen LogP contribution in [-0.2, 0) is 10.0 Å². The average molecular weight is 357 g/mol. The van der Waals surface area contributed by atoms with E-state index >= 15 is 0 Å². The van der Waals surface area contributed by atoms with Crippen molar-refractivity contribution in [2.75, 3.05) is 17.1 Å². The van der Waals surface area contributed by atoms with Gasteiger partial charge in [-0.1, -0.05) is 18.5 Å². The minimum Gasteiger partial charge on any atom is -0.490 e. The van der Waals surface area contributed by atoms with Gasteiger partial charge in [-0.05, 0) is 41.4 Å². The van der Waals surface area contributed by atoms with Gasteiger partial charge in [-0.15, -0.1) is 0 Å². The third-order valence-corrected chi connectivity index (χ3v) is 4.32. The maximum atomic E-state index is 11.8. The van der Waals surface area contributed by atoms with E-state index in [1.54, 1.807) is 13.0 Å². The lowest BCUT2D eigenvalue weighted by Gasteiger charge is -2.14. The molecule has 1 rings (SSSR count). The smallest absolute Gasteiger partial charge is 0.232 e. The fourth-order valence-electron chi connectivity index (χ4n) is 1.41. The molecule has 0 heterocycles. The summed E-state index contributed by atoms with van der Waals surface area (Å²) in [5.41, 5.74) is 0.352. The molecule has 102 valence electrons. The van der Waals surface area contributed by atoms with Crippen molar-refractivity contribution >= 4 is 43.2 Å². The Hall–Kier alpha value is -0.460. The molecule has 0 amide bonds. The molecule has 0 aliphatic heterocycles. The van der Waals surface area contributed by atoms with Crippen LogP contribution in [0.3, 0.4) is 0 Å². The molecule has 0 saturated heterocycles. The predicted octanol–water partition coefficient (Wildman–Crippen LogP) is 3.65. The second-order valence-electron chi connectivity index (χ2n) is 3.62. The van der Waals surface area contributed by atoms with Gasteiger partial charge in [-0.3, -0.25) is 4.72 Å². The second-order valence-corrected chi connectivity index (χ2v) is 6.75. The van der Waals surface area contributed by atoms with E-state index in [4.69, 9.17) is 16.3 Å². The highest BCUT2D eigenvalue weighted by atomic mass is 79.9. The van der Waals surface area contributed by atoms with Gasteiger partial charge in [0.05, 0.1) is 22.5 Å². The highest BCUT2D eigenvalue weighted by molar-refractivity contribution is 9.10. The van der Waals surface area contributed by atoms with E-state index in [1.807, 2.05) is 6.92 Å². The Balaban J connectivity index is 3.14. The SMILES string of the molecule is CCCS(=O)(=O)Nc1cc(Cl)cc(Br)c1OCC. The molecule has 0 atom stereocenters. The number of ether oxygens (including phenoxy) is 1. The van der Waals surface area contributed by atoms with E-state index in [1.165, 1.54) is 6.07 Å². The van der Waals surface area contributed by atoms with E-state index in [0.29, 0.717) is 34.0 Å². The van der Waals surface area contributed by atoms with Crippen molar-refractivity contribution in [2.24, 2.45) is 0 Å². The minimum absolute atomic E-state index is 0.0582. The molecule has 0 aromatic heterocycles. The Labute approximate surface area is 121 Å². The predicted molar refractivity (Wildman–Crippen MR) is 78.0 cm³/mol. The standard InChI is InChI=1S/C11H15BrClNO3S/c1-3-5-18(15,16)14-10-7-8(13)6-9(12)11(10)17-4-2/h6-7,14H,3-5H2,1-2H3. The van der Waals surface area contributed by atoms with Crippen LogP contribution in [0.25, 0.3) is 0 Å². The van der Waals surface area contributed by atoms with E-state index in [2.05, 4.69) is 20.7 Å². The van der Waals surface area contributed by atoms with Crippen LogP contribution in [0.4, 0.5) is 5.69 Å². The Morgan fingerprint density at radius 2 is 2.06 bits per heavy atom. The van der Waals surface area contributed by atoms with Gasteiger partial charge in [0.15, 0.2) is 5.75 Å². The zero-order valence-electron chi connectivity index (χ0n) is 10.2. The van der Waals surface area contributed by atoms with Gasteiger partial charge in [0.1, 0.15) is 0 Å². The lowest BCUT2D eigenvalue weighted by molar-refractivity contribution is 0.340. The van der Waals surface area contributed by atoms with Gasteiger partial charge in [-0.25, -0.2) is 8.42 Å². The molecule has 0 radical (unpaired) electrons. The van der Waals surface area contributed by atoms with Gasteiger partial charge >= 0.3 is 0 Å². The molecular weight excluding hydrogens is 342 g/mol. The first-order valence-electron chi connectivity index (χ1n) is 5.52. The number of benzene rings is 1. The van der Waals surface area contributed by atoms with Crippen molar-refractivity contribution in [1.29, 1.82) is 0 Å². The largest absolute Gasteiger partial charge is 0.490 e. The van der Waals surface area contributed by atoms with E-state index in [0.717, 1.165) is 0 Å². The van der Waals surface area contributed by atoms with Crippen LogP contribution in [0.5, 0.6) is 5.75 Å². The summed E-state index contributed by atoms with van der Waals surface area (Å²) in [4.78, 5) is 0. The van der Waals surface area contributed by atoms with Gasteiger partial charge in [0, 0.05) is 5.02 Å². The number of halogens is 2. The van der Waals surface area contributed by atoms with Crippen LogP contribution in [0.15, 0.2) is 16.6 Å². The highest BCUT2D eigenvalue weighted by Crippen LogP contribution is 2.37. The molecule has 0 bridgehead atoms. The third-order valence-electron chi connectivity index (χ3n) is 2.04. The van der Waals surface area contributed by atoms with Crippen LogP contribution in [0.1, 0.15) is 20.3 Å². The first kappa shape index (κ1) is 15.6. The number of sulfonamides is 1. The molecular formula is C11H15BrClNO3S. The van der Waals surface area contributed by atoms with E-state index in [-0.39, 0.29) is 5.75 Å². The molecule has 0 unspecified atom stereocenters. The molecule has 1 aromatic rings. The topological polar surface area (TPSA) is 55.4 Å². The van der Waals surface area contributed by atoms with E-state index in [9.17, 15) is 8.42 Å². The average Bonchev–Trinajstić information content (AvgIpc) is 2.22. The monoisotopic (exact) mass is 355 g/mol. The number of hydrogen-bond donors (Lipinski definition) is 1. The lowest BCUT2D eigenvalue weighted by Crippen LogP contribution is -2.17. The molecule has 4 nitrogen and oxygen atoms in total. The van der Waals surface area contributed by atoms with Gasteiger partial charge < -0.3 is 4.74 Å². The zero-order valence-corrected chi connectivity index (χ0v) is 13.3. The number of nitrogens with one attached hydrogen (secondary N) is 1. The lowest BCUT2D eigenvalue weighted by atomic mass is 10.3. The summed E-state index contributed by atoms with van der Waals surface area (Å²) < 4.78 is 32.0. The summed E-state index contributed by atoms with van der Waals surface area (Å²) in [6.07, 6.45) is 0.543. The summed E-state index contributed by atoms with van der Waals surface area (Å²) in [6.45, 7) is 4.06. The molecule has 7 heteroatoms. The van der Waals surface area contributed by atoms with Crippen LogP contribution in [0.2, 0.25) is 5.02 Å². The number of anilines is 1. The molecule has 1 N–H and O–H groups in total. The van der Waals surface area contributed by atoms with Crippen molar-refractivity contribution in [2.45, 2.75) is 20.3 Å². The third kappa shape index (κ3) is 4.33. The molecule has 0 spiro atoms. The maximum Gasteiger partial charge on any atom is 0.232 e. The normalized spacial score (nSPS) is 11.3. The van der Waals surface area contributed by atoms with Crippen molar-refractivity contribution in [3.8, 4) is 5.75 Å². The molecule has 0 fully saturated rings. The summed E-state index contributed by atoms with van der Waals surface area (Å²) >= 11 is 9.21. The Kier molecular flexibility index (Phi) is 5.75. The van der Waals surface area contributed by atoms with Crippen molar-refractivity contribution in [3.63, 3.8) is 0 Å². The summed E-state index contributed by atoms with van der Waals surface area (Å²) in [5.74, 6) is 0.504. The summed E-state index contributed by atoms with van der Waals surface area (Å²) in [6, 6.07) is 3.19. The Bertz CT molecular complexity index is 519. The summed E-state index contributed by atoms with van der Waals surface area (Å²) in [7, 11) is -3.37. The molecule has 1 aromatic carbocycles. The van der Waals surface area contributed by atoms with Crippen LogP contribution >= 0.6 is 27.5 Å². The Morgan fingerprint density at radius 3 is 2.61 bits per heavy atom. The van der Waals surface area contributed by atoms with E-state index < -0.39 is 10.0 Å². The molecule has 0 aliphatic rings. The molecule has 0 saturated carbocycles. The van der Waals surface area contributed by atoms with Crippen LogP contribution < -0.4 is 9.46 Å². The quantitative estimate of drug-likeness (QED) is 0.846. The van der Waals surface area contributed by atoms with Crippen molar-refractivity contribution in [3.05, 3.63) is 21.6 Å². The van der Waals surface area contributed by atoms with Gasteiger partial charge in [0.25, 0.3) is 0 Å². The maximum absolute atomic E-state index is 11.8. The highest BCUT2D eigenvalue weighted by Gasteiger charge is 2.16. The van der Waals surface area contributed by atoms with Crippen molar-refractivity contribution < 1.29 is 13.2 Å². The summed E-state index contributed by atoms with van der Waals surface area (Å²) in [5, 5.41) is 0.430.